The molecule has 0 radical (unpaired) electrons. The van der Waals surface area contributed by atoms with Crippen molar-refractivity contribution in [2.24, 2.45) is 11.7 Å². The minimum absolute atomic E-state index is 0.0638. The summed E-state index contributed by atoms with van der Waals surface area (Å²) >= 11 is 0. The van der Waals surface area contributed by atoms with Crippen LogP contribution < -0.4 is 11.1 Å². The first-order valence-corrected chi connectivity index (χ1v) is 6.96. The number of amides is 1. The fraction of sp³-hybridized carbons (Fsp3) is 0.923. The van der Waals surface area contributed by atoms with Crippen LogP contribution >= 0.6 is 0 Å². The zero-order valence-electron chi connectivity index (χ0n) is 11.1. The van der Waals surface area contributed by atoms with E-state index in [4.69, 9.17) is 5.73 Å². The van der Waals surface area contributed by atoms with Crippen LogP contribution in [0.3, 0.4) is 0 Å². The number of hydrogen-bond donors (Lipinski definition) is 2. The van der Waals surface area contributed by atoms with Crippen molar-refractivity contribution < 1.29 is 18.0 Å². The molecule has 6 heteroatoms. The van der Waals surface area contributed by atoms with E-state index in [1.165, 1.54) is 0 Å². The topological polar surface area (TPSA) is 55.1 Å². The number of rotatable bonds is 6. The van der Waals surface area contributed by atoms with Crippen molar-refractivity contribution in [3.63, 3.8) is 0 Å². The third-order valence-corrected chi connectivity index (χ3v) is 3.51. The van der Waals surface area contributed by atoms with Gasteiger partial charge in [0, 0.05) is 25.4 Å². The Labute approximate surface area is 112 Å². The molecule has 112 valence electrons. The average Bonchev–Trinajstić information content (AvgIpc) is 2.26. The lowest BCUT2D eigenvalue weighted by molar-refractivity contribution is -0.135. The summed E-state index contributed by atoms with van der Waals surface area (Å²) in [6.07, 6.45) is 0.0000223. The molecule has 3 N–H and O–H groups in total. The largest absolute Gasteiger partial charge is 0.389 e. The predicted octanol–water partition coefficient (Wildman–Crippen LogP) is 2.74. The minimum atomic E-state index is -4.09. The minimum Gasteiger partial charge on any atom is -0.356 e. The molecular formula is C13H23F3N2O. The fourth-order valence-electron chi connectivity index (χ4n) is 2.53. The third-order valence-electron chi connectivity index (χ3n) is 3.51. The van der Waals surface area contributed by atoms with Crippen LogP contribution in [0.1, 0.15) is 51.4 Å². The quantitative estimate of drug-likeness (QED) is 0.735. The molecule has 0 spiro atoms. The van der Waals surface area contributed by atoms with Crippen LogP contribution in [0.2, 0.25) is 0 Å². The molecule has 1 saturated carbocycles. The van der Waals surface area contributed by atoms with Crippen molar-refractivity contribution >= 4 is 5.91 Å². The molecule has 1 amide bonds. The first-order valence-electron chi connectivity index (χ1n) is 6.96. The molecule has 1 aliphatic carbocycles. The lowest BCUT2D eigenvalue weighted by atomic mass is 9.84. The van der Waals surface area contributed by atoms with E-state index >= 15 is 0 Å². The van der Waals surface area contributed by atoms with Gasteiger partial charge in [0.25, 0.3) is 0 Å². The maximum absolute atomic E-state index is 11.9. The van der Waals surface area contributed by atoms with Gasteiger partial charge in [0.2, 0.25) is 5.91 Å². The second kappa shape index (κ2) is 7.72. The van der Waals surface area contributed by atoms with Crippen LogP contribution in [0.5, 0.6) is 0 Å². The van der Waals surface area contributed by atoms with Crippen molar-refractivity contribution in [1.82, 2.24) is 5.32 Å². The zero-order valence-corrected chi connectivity index (χ0v) is 11.1. The van der Waals surface area contributed by atoms with E-state index < -0.39 is 12.6 Å². The number of nitrogens with one attached hydrogen (secondary N) is 1. The SMILES string of the molecule is NC1CCCC(CC(=O)NCCCCC(F)(F)F)C1. The van der Waals surface area contributed by atoms with Crippen molar-refractivity contribution in [1.29, 1.82) is 0 Å². The summed E-state index contributed by atoms with van der Waals surface area (Å²) in [7, 11) is 0. The highest BCUT2D eigenvalue weighted by Gasteiger charge is 2.26. The molecule has 0 bridgehead atoms. The van der Waals surface area contributed by atoms with Gasteiger partial charge in [0.1, 0.15) is 0 Å². The molecule has 2 unspecified atom stereocenters. The van der Waals surface area contributed by atoms with Gasteiger partial charge in [-0.05, 0) is 38.0 Å². The second-order valence-corrected chi connectivity index (χ2v) is 5.42. The summed E-state index contributed by atoms with van der Waals surface area (Å²) in [4.78, 5) is 11.6. The normalized spacial score (nSPS) is 24.2. The molecule has 0 aromatic rings. The summed E-state index contributed by atoms with van der Waals surface area (Å²) in [6.45, 7) is 0.327. The standard InChI is InChI=1S/C13H23F3N2O/c14-13(15,16)6-1-2-7-18-12(19)9-10-4-3-5-11(17)8-10/h10-11H,1-9,17H2,(H,18,19). The summed E-state index contributed by atoms with van der Waals surface area (Å²) in [5.41, 5.74) is 5.84. The van der Waals surface area contributed by atoms with Gasteiger partial charge in [-0.25, -0.2) is 0 Å². The molecule has 2 atom stereocenters. The number of halogens is 3. The van der Waals surface area contributed by atoms with Crippen LogP contribution in [0.25, 0.3) is 0 Å². The van der Waals surface area contributed by atoms with Crippen molar-refractivity contribution in [3.05, 3.63) is 0 Å². The Morgan fingerprint density at radius 1 is 1.26 bits per heavy atom. The molecule has 19 heavy (non-hydrogen) atoms. The molecule has 0 aromatic carbocycles. The maximum atomic E-state index is 11.9. The Morgan fingerprint density at radius 2 is 2.00 bits per heavy atom. The van der Waals surface area contributed by atoms with Crippen molar-refractivity contribution in [3.8, 4) is 0 Å². The molecule has 1 aliphatic rings. The second-order valence-electron chi connectivity index (χ2n) is 5.42. The number of carbonyl (C=O) groups is 1. The summed E-state index contributed by atoms with van der Waals surface area (Å²) in [6, 6.07) is 0.193. The third kappa shape index (κ3) is 8.08. The van der Waals surface area contributed by atoms with Gasteiger partial charge < -0.3 is 11.1 Å². The molecule has 1 fully saturated rings. The number of alkyl halides is 3. The highest BCUT2D eigenvalue weighted by molar-refractivity contribution is 5.76. The van der Waals surface area contributed by atoms with E-state index in [2.05, 4.69) is 5.32 Å². The van der Waals surface area contributed by atoms with E-state index in [1.807, 2.05) is 0 Å². The van der Waals surface area contributed by atoms with Gasteiger partial charge in [-0.2, -0.15) is 13.2 Å². The highest BCUT2D eigenvalue weighted by Crippen LogP contribution is 2.25. The monoisotopic (exact) mass is 280 g/mol. The molecular weight excluding hydrogens is 257 g/mol. The van der Waals surface area contributed by atoms with Crippen molar-refractivity contribution in [2.75, 3.05) is 6.54 Å². The van der Waals surface area contributed by atoms with Gasteiger partial charge in [-0.15, -0.1) is 0 Å². The number of unbranched alkanes of at least 4 members (excludes halogenated alkanes) is 1. The Balaban J connectivity index is 2.05. The van der Waals surface area contributed by atoms with Crippen LogP contribution in [0.4, 0.5) is 13.2 Å². The van der Waals surface area contributed by atoms with Gasteiger partial charge in [-0.3, -0.25) is 4.79 Å². The Bertz CT molecular complexity index is 282. The van der Waals surface area contributed by atoms with E-state index in [-0.39, 0.29) is 18.4 Å². The Morgan fingerprint density at radius 3 is 2.63 bits per heavy atom. The van der Waals surface area contributed by atoms with Gasteiger partial charge in [0.15, 0.2) is 0 Å². The van der Waals surface area contributed by atoms with Crippen LogP contribution in [-0.2, 0) is 4.79 Å². The van der Waals surface area contributed by atoms with Crippen LogP contribution in [0, 0.1) is 5.92 Å². The zero-order chi connectivity index (χ0) is 14.3. The first-order chi connectivity index (χ1) is 8.87. The Kier molecular flexibility index (Phi) is 6.62. The smallest absolute Gasteiger partial charge is 0.356 e. The highest BCUT2D eigenvalue weighted by atomic mass is 19.4. The summed E-state index contributed by atoms with van der Waals surface area (Å²) in [5, 5.41) is 2.68. The van der Waals surface area contributed by atoms with Gasteiger partial charge in [-0.1, -0.05) is 6.42 Å². The van der Waals surface area contributed by atoms with Crippen molar-refractivity contribution in [2.45, 2.75) is 63.6 Å². The van der Waals surface area contributed by atoms with Crippen LogP contribution in [-0.4, -0.2) is 24.7 Å². The molecule has 3 nitrogen and oxygen atoms in total. The van der Waals surface area contributed by atoms with Crippen LogP contribution in [0.15, 0.2) is 0 Å². The predicted molar refractivity (Wildman–Crippen MR) is 67.5 cm³/mol. The molecule has 0 aliphatic heterocycles. The van der Waals surface area contributed by atoms with Gasteiger partial charge >= 0.3 is 6.18 Å². The van der Waals surface area contributed by atoms with E-state index in [0.717, 1.165) is 25.7 Å². The lowest BCUT2D eigenvalue weighted by Gasteiger charge is -2.26. The lowest BCUT2D eigenvalue weighted by Crippen LogP contribution is -2.32. The average molecular weight is 280 g/mol. The number of carbonyl (C=O) groups excluding carboxylic acids is 1. The Hall–Kier alpha value is -0.780. The van der Waals surface area contributed by atoms with E-state index in [1.54, 1.807) is 0 Å². The van der Waals surface area contributed by atoms with Gasteiger partial charge in [0.05, 0.1) is 0 Å². The summed E-state index contributed by atoms with van der Waals surface area (Å²) in [5.74, 6) is 0.269. The van der Waals surface area contributed by atoms with E-state index in [0.29, 0.717) is 25.3 Å². The first kappa shape index (κ1) is 16.3. The van der Waals surface area contributed by atoms with E-state index in [9.17, 15) is 18.0 Å². The molecule has 0 aromatic heterocycles. The maximum Gasteiger partial charge on any atom is 0.389 e. The summed E-state index contributed by atoms with van der Waals surface area (Å²) < 4.78 is 35.7. The number of nitrogens with two attached hydrogens (primary N) is 1. The number of hydrogen-bond acceptors (Lipinski definition) is 2. The fourth-order valence-corrected chi connectivity index (χ4v) is 2.53. The molecule has 1 rings (SSSR count). The molecule has 0 saturated heterocycles. The molecule has 0 heterocycles.